The third kappa shape index (κ3) is 5.77. The van der Waals surface area contributed by atoms with Gasteiger partial charge < -0.3 is 11.1 Å². The summed E-state index contributed by atoms with van der Waals surface area (Å²) in [6.45, 7) is 8.22. The van der Waals surface area contributed by atoms with Crippen LogP contribution in [0.3, 0.4) is 0 Å². The molecule has 31 heavy (non-hydrogen) atoms. The number of amides is 1. The summed E-state index contributed by atoms with van der Waals surface area (Å²) in [7, 11) is 0. The summed E-state index contributed by atoms with van der Waals surface area (Å²) in [5.41, 5.74) is 10.4. The predicted octanol–water partition coefficient (Wildman–Crippen LogP) is 2.00. The lowest BCUT2D eigenvalue weighted by molar-refractivity contribution is -0.117. The largest absolute Gasteiger partial charge is 0.384 e. The van der Waals surface area contributed by atoms with Crippen LogP contribution in [0.1, 0.15) is 22.4 Å². The van der Waals surface area contributed by atoms with E-state index in [0.29, 0.717) is 18.9 Å². The third-order valence-corrected chi connectivity index (χ3v) is 4.69. The minimum Gasteiger partial charge on any atom is -0.384 e. The van der Waals surface area contributed by atoms with Gasteiger partial charge >= 0.3 is 0 Å². The highest BCUT2D eigenvalue weighted by Crippen LogP contribution is 2.14. The third-order valence-electron chi connectivity index (χ3n) is 4.69. The summed E-state index contributed by atoms with van der Waals surface area (Å²) in [5, 5.41) is 8.37. The minimum absolute atomic E-state index is 0.0585. The van der Waals surface area contributed by atoms with E-state index in [2.05, 4.69) is 27.0 Å². The van der Waals surface area contributed by atoms with Crippen LogP contribution in [0, 0.1) is 13.8 Å². The van der Waals surface area contributed by atoms with Gasteiger partial charge in [0.25, 0.3) is 5.91 Å². The molecule has 3 aromatic rings. The van der Waals surface area contributed by atoms with Gasteiger partial charge in [-0.15, -0.1) is 0 Å². The number of rotatable bonds is 8. The van der Waals surface area contributed by atoms with E-state index in [0.717, 1.165) is 28.1 Å². The Balaban J connectivity index is 1.51. The number of benzene rings is 1. The number of carbonyl (C=O) groups is 1. The highest BCUT2D eigenvalue weighted by atomic mass is 16.2. The number of carbonyl (C=O) groups excluding carboxylic acids is 1. The van der Waals surface area contributed by atoms with E-state index in [1.54, 1.807) is 16.9 Å². The van der Waals surface area contributed by atoms with Crippen LogP contribution in [0.4, 0.5) is 5.82 Å². The normalized spacial score (nSPS) is 10.9. The predicted molar refractivity (Wildman–Crippen MR) is 121 cm³/mol. The summed E-state index contributed by atoms with van der Waals surface area (Å²) in [6, 6.07) is 11.5. The quantitative estimate of drug-likeness (QED) is 0.169. The molecule has 1 amide bonds. The number of hydrazine groups is 1. The Kier molecular flexibility index (Phi) is 6.78. The first kappa shape index (κ1) is 21.7. The van der Waals surface area contributed by atoms with Crippen molar-refractivity contribution in [3.8, 4) is 5.69 Å². The number of nitrogens with two attached hydrogens (primary N) is 2. The summed E-state index contributed by atoms with van der Waals surface area (Å²) in [6.07, 6.45) is 4.98. The Morgan fingerprint density at radius 1 is 1.32 bits per heavy atom. The van der Waals surface area contributed by atoms with E-state index in [1.165, 1.54) is 11.3 Å². The Labute approximate surface area is 181 Å². The Bertz CT molecular complexity index is 1060. The number of aromatic nitrogens is 3. The number of nitrogens with one attached hydrogen (secondary N) is 1. The van der Waals surface area contributed by atoms with E-state index in [4.69, 9.17) is 11.6 Å². The number of hydrogen-bond donors (Lipinski definition) is 3. The first-order chi connectivity index (χ1) is 14.8. The van der Waals surface area contributed by atoms with Crippen molar-refractivity contribution in [2.45, 2.75) is 26.9 Å². The number of pyridine rings is 1. The van der Waals surface area contributed by atoms with Crippen LogP contribution in [0.5, 0.6) is 0 Å². The number of nitrogen functional groups attached to an aromatic ring is 1. The fourth-order valence-corrected chi connectivity index (χ4v) is 3.06. The molecule has 0 spiro atoms. The Morgan fingerprint density at radius 2 is 2.06 bits per heavy atom. The van der Waals surface area contributed by atoms with Gasteiger partial charge in [0.05, 0.1) is 12.2 Å². The van der Waals surface area contributed by atoms with Gasteiger partial charge in [-0.1, -0.05) is 18.7 Å². The second-order valence-electron chi connectivity index (χ2n) is 7.09. The van der Waals surface area contributed by atoms with Gasteiger partial charge in [-0.05, 0) is 54.8 Å². The number of aliphatic imine (C=N–C) groups is 1. The average Bonchev–Trinajstić information content (AvgIpc) is 3.26. The number of aryl methyl sites for hydroxylation is 2. The highest BCUT2D eigenvalue weighted by molar-refractivity contribution is 5.93. The molecule has 5 N–H and O–H groups in total. The maximum Gasteiger partial charge on any atom is 0.269 e. The molecule has 0 aliphatic heterocycles. The van der Waals surface area contributed by atoms with Crippen LogP contribution < -0.4 is 16.9 Å². The molecule has 1 aromatic carbocycles. The van der Waals surface area contributed by atoms with Gasteiger partial charge in [0.15, 0.2) is 0 Å². The smallest absolute Gasteiger partial charge is 0.269 e. The van der Waals surface area contributed by atoms with Gasteiger partial charge in [0, 0.05) is 24.6 Å². The van der Waals surface area contributed by atoms with E-state index < -0.39 is 0 Å². The lowest BCUT2D eigenvalue weighted by atomic mass is 10.1. The first-order valence-corrected chi connectivity index (χ1v) is 9.67. The average molecular weight is 419 g/mol. The van der Waals surface area contributed by atoms with E-state index in [1.807, 2.05) is 50.4 Å². The number of anilines is 1. The summed E-state index contributed by atoms with van der Waals surface area (Å²) < 4.78 is 1.78. The molecule has 160 valence electrons. The molecule has 0 unspecified atom stereocenters. The molecule has 0 fully saturated rings. The molecule has 2 heterocycles. The van der Waals surface area contributed by atoms with Crippen molar-refractivity contribution in [3.63, 3.8) is 0 Å². The molecular formula is C22H26N8O. The van der Waals surface area contributed by atoms with Crippen LogP contribution >= 0.6 is 0 Å². The van der Waals surface area contributed by atoms with Crippen molar-refractivity contribution in [2.75, 3.05) is 5.73 Å². The second-order valence-corrected chi connectivity index (χ2v) is 7.09. The van der Waals surface area contributed by atoms with E-state index in [9.17, 15) is 4.79 Å². The van der Waals surface area contributed by atoms with Gasteiger partial charge in [-0.25, -0.2) is 20.5 Å². The molecule has 3 rings (SSSR count). The van der Waals surface area contributed by atoms with Crippen LogP contribution in [0.25, 0.3) is 5.69 Å². The van der Waals surface area contributed by atoms with Crippen molar-refractivity contribution < 1.29 is 4.79 Å². The Morgan fingerprint density at radius 3 is 2.71 bits per heavy atom. The van der Waals surface area contributed by atoms with E-state index in [-0.39, 0.29) is 11.6 Å². The monoisotopic (exact) mass is 418 g/mol. The molecule has 9 nitrogen and oxygen atoms in total. The molecule has 0 radical (unpaired) electrons. The van der Waals surface area contributed by atoms with Crippen LogP contribution in [-0.2, 0) is 17.9 Å². The molecule has 0 atom stereocenters. The van der Waals surface area contributed by atoms with Crippen molar-refractivity contribution in [1.29, 1.82) is 0 Å². The molecule has 0 aliphatic rings. The number of nitrogens with zero attached hydrogens (tertiary/aromatic N) is 5. The molecule has 0 aliphatic carbocycles. The zero-order valence-electron chi connectivity index (χ0n) is 17.6. The van der Waals surface area contributed by atoms with Crippen molar-refractivity contribution in [3.05, 3.63) is 83.5 Å². The maximum atomic E-state index is 12.3. The van der Waals surface area contributed by atoms with Crippen LogP contribution in [0.2, 0.25) is 0 Å². The highest BCUT2D eigenvalue weighted by Gasteiger charge is 2.10. The molecule has 9 heteroatoms. The number of hydrogen-bond acceptors (Lipinski definition) is 6. The summed E-state index contributed by atoms with van der Waals surface area (Å²) >= 11 is 0. The SMILES string of the molecule is C=C(N=CN(N)Cc1ccc(-n2cccn2)cc1)C(=O)NCc1c(C)cc(N)nc1C. The standard InChI is InChI=1S/C22H26N8O/c1-15-11-21(23)28-16(2)20(15)12-25-22(31)17(3)26-14-29(24)13-18-5-7-19(8-6-18)30-10-4-9-27-30/h4-11,14H,3,12-13,24H2,1-2H3,(H2,23,28)(H,25,31). The fraction of sp³-hybridized carbons (Fsp3) is 0.182. The zero-order valence-corrected chi connectivity index (χ0v) is 17.6. The van der Waals surface area contributed by atoms with Crippen LogP contribution in [0.15, 0.2) is 66.1 Å². The molecule has 0 saturated heterocycles. The Hall–Kier alpha value is -3.98. The second kappa shape index (κ2) is 9.68. The van der Waals surface area contributed by atoms with E-state index >= 15 is 0 Å². The van der Waals surface area contributed by atoms with Gasteiger partial charge in [-0.3, -0.25) is 9.80 Å². The van der Waals surface area contributed by atoms with Crippen LogP contribution in [-0.4, -0.2) is 32.0 Å². The maximum absolute atomic E-state index is 12.3. The zero-order chi connectivity index (χ0) is 22.4. The van der Waals surface area contributed by atoms with Crippen molar-refractivity contribution in [2.24, 2.45) is 10.8 Å². The lowest BCUT2D eigenvalue weighted by Gasteiger charge is -2.14. The molecule has 0 saturated carbocycles. The van der Waals surface area contributed by atoms with Gasteiger partial charge in [0.1, 0.15) is 17.9 Å². The minimum atomic E-state index is -0.385. The molecular weight excluding hydrogens is 392 g/mol. The summed E-state index contributed by atoms with van der Waals surface area (Å²) in [4.78, 5) is 20.6. The van der Waals surface area contributed by atoms with Gasteiger partial charge in [-0.2, -0.15) is 5.10 Å². The first-order valence-electron chi connectivity index (χ1n) is 9.67. The summed E-state index contributed by atoms with van der Waals surface area (Å²) in [5.74, 6) is 6.05. The topological polar surface area (TPSA) is 127 Å². The van der Waals surface area contributed by atoms with Crippen molar-refractivity contribution >= 4 is 18.1 Å². The van der Waals surface area contributed by atoms with Crippen molar-refractivity contribution in [1.82, 2.24) is 25.1 Å². The molecule has 2 aromatic heterocycles. The molecule has 0 bridgehead atoms. The van der Waals surface area contributed by atoms with Gasteiger partial charge in [0.2, 0.25) is 0 Å². The fourth-order valence-electron chi connectivity index (χ4n) is 3.06. The lowest BCUT2D eigenvalue weighted by Crippen LogP contribution is -2.30.